The fourth-order valence-electron chi connectivity index (χ4n) is 1.53. The van der Waals surface area contributed by atoms with Gasteiger partial charge in [0.2, 0.25) is 0 Å². The SMILES string of the molecule is CC(C)N(C)C(=O)N1C(C)SCC1C(=O)O. The van der Waals surface area contributed by atoms with Crippen LogP contribution in [0.2, 0.25) is 0 Å². The van der Waals surface area contributed by atoms with Gasteiger partial charge in [0.25, 0.3) is 0 Å². The number of carboxylic acids is 1. The van der Waals surface area contributed by atoms with Crippen molar-refractivity contribution in [2.24, 2.45) is 0 Å². The van der Waals surface area contributed by atoms with E-state index in [0.717, 1.165) is 0 Å². The van der Waals surface area contributed by atoms with Gasteiger partial charge in [-0.1, -0.05) is 0 Å². The van der Waals surface area contributed by atoms with Crippen LogP contribution in [0.3, 0.4) is 0 Å². The van der Waals surface area contributed by atoms with Gasteiger partial charge in [-0.3, -0.25) is 4.90 Å². The minimum Gasteiger partial charge on any atom is -0.480 e. The summed E-state index contributed by atoms with van der Waals surface area (Å²) in [6, 6.07) is -0.839. The van der Waals surface area contributed by atoms with Gasteiger partial charge in [0, 0.05) is 18.8 Å². The summed E-state index contributed by atoms with van der Waals surface area (Å²) in [5.41, 5.74) is 0. The number of carbonyl (C=O) groups excluding carboxylic acids is 1. The number of urea groups is 1. The van der Waals surface area contributed by atoms with Crippen molar-refractivity contribution in [3.63, 3.8) is 0 Å². The minimum absolute atomic E-state index is 0.0692. The number of nitrogens with zero attached hydrogens (tertiary/aromatic N) is 2. The first-order chi connectivity index (χ1) is 7.36. The summed E-state index contributed by atoms with van der Waals surface area (Å²) in [5.74, 6) is -0.462. The zero-order valence-corrected chi connectivity index (χ0v) is 10.8. The van der Waals surface area contributed by atoms with Gasteiger partial charge < -0.3 is 10.0 Å². The molecule has 1 aliphatic heterocycles. The van der Waals surface area contributed by atoms with Crippen LogP contribution >= 0.6 is 11.8 Å². The van der Waals surface area contributed by atoms with Gasteiger partial charge in [-0.15, -0.1) is 11.8 Å². The van der Waals surface area contributed by atoms with E-state index >= 15 is 0 Å². The average molecular weight is 246 g/mol. The van der Waals surface area contributed by atoms with E-state index in [-0.39, 0.29) is 17.4 Å². The van der Waals surface area contributed by atoms with E-state index < -0.39 is 12.0 Å². The molecule has 2 atom stereocenters. The molecule has 92 valence electrons. The molecule has 1 aliphatic rings. The van der Waals surface area contributed by atoms with Gasteiger partial charge in [-0.05, 0) is 20.8 Å². The Labute approximate surface area is 99.8 Å². The Kier molecular flexibility index (Phi) is 4.07. The highest BCUT2D eigenvalue weighted by Gasteiger charge is 2.40. The van der Waals surface area contributed by atoms with E-state index in [4.69, 9.17) is 5.11 Å². The van der Waals surface area contributed by atoms with Crippen molar-refractivity contribution in [1.82, 2.24) is 9.80 Å². The molecular formula is C10H18N2O3S. The number of carbonyl (C=O) groups is 2. The Bertz CT molecular complexity index is 296. The Morgan fingerprint density at radius 3 is 2.50 bits per heavy atom. The summed E-state index contributed by atoms with van der Waals surface area (Å²) in [4.78, 5) is 26.1. The molecule has 2 unspecified atom stereocenters. The molecule has 2 amide bonds. The van der Waals surface area contributed by atoms with Crippen LogP contribution in [0.5, 0.6) is 0 Å². The first-order valence-electron chi connectivity index (χ1n) is 5.25. The van der Waals surface area contributed by atoms with Gasteiger partial charge >= 0.3 is 12.0 Å². The molecule has 0 aromatic carbocycles. The Balaban J connectivity index is 2.83. The summed E-state index contributed by atoms with van der Waals surface area (Å²) >= 11 is 1.50. The molecule has 1 rings (SSSR count). The number of hydrogen-bond acceptors (Lipinski definition) is 3. The van der Waals surface area contributed by atoms with Crippen molar-refractivity contribution >= 4 is 23.8 Å². The highest BCUT2D eigenvalue weighted by molar-refractivity contribution is 8.00. The number of thioether (sulfide) groups is 1. The maximum absolute atomic E-state index is 12.1. The third-order valence-electron chi connectivity index (χ3n) is 2.81. The summed E-state index contributed by atoms with van der Waals surface area (Å²) in [6.45, 7) is 5.67. The second-order valence-corrected chi connectivity index (χ2v) is 5.53. The summed E-state index contributed by atoms with van der Waals surface area (Å²) in [5, 5.41) is 8.97. The molecule has 1 fully saturated rings. The van der Waals surface area contributed by atoms with Crippen molar-refractivity contribution < 1.29 is 14.7 Å². The first kappa shape index (κ1) is 13.2. The number of rotatable bonds is 2. The largest absolute Gasteiger partial charge is 0.480 e. The Morgan fingerprint density at radius 2 is 2.06 bits per heavy atom. The Morgan fingerprint density at radius 1 is 1.50 bits per heavy atom. The smallest absolute Gasteiger partial charge is 0.327 e. The quantitative estimate of drug-likeness (QED) is 0.797. The summed E-state index contributed by atoms with van der Waals surface area (Å²) in [6.07, 6.45) is 0. The van der Waals surface area contributed by atoms with E-state index in [1.165, 1.54) is 16.7 Å². The zero-order valence-electron chi connectivity index (χ0n) is 10.0. The van der Waals surface area contributed by atoms with Gasteiger partial charge in [0.15, 0.2) is 0 Å². The minimum atomic E-state index is -0.928. The number of hydrogen-bond donors (Lipinski definition) is 1. The number of carboxylic acid groups (broad SMARTS) is 1. The first-order valence-corrected chi connectivity index (χ1v) is 6.30. The fraction of sp³-hybridized carbons (Fsp3) is 0.800. The predicted octanol–water partition coefficient (Wildman–Crippen LogP) is 1.29. The topological polar surface area (TPSA) is 60.9 Å². The normalized spacial score (nSPS) is 24.9. The van der Waals surface area contributed by atoms with Crippen LogP contribution in [0, 0.1) is 0 Å². The van der Waals surface area contributed by atoms with E-state index in [2.05, 4.69) is 0 Å². The molecular weight excluding hydrogens is 228 g/mol. The third-order valence-corrected chi connectivity index (χ3v) is 4.02. The lowest BCUT2D eigenvalue weighted by atomic mass is 10.3. The van der Waals surface area contributed by atoms with Crippen LogP contribution in [-0.2, 0) is 4.79 Å². The van der Waals surface area contributed by atoms with Gasteiger partial charge in [-0.25, -0.2) is 9.59 Å². The molecule has 0 radical (unpaired) electrons. The molecule has 0 spiro atoms. The van der Waals surface area contributed by atoms with Gasteiger partial charge in [0.1, 0.15) is 6.04 Å². The van der Waals surface area contributed by atoms with Crippen LogP contribution < -0.4 is 0 Å². The van der Waals surface area contributed by atoms with Gasteiger partial charge in [-0.2, -0.15) is 0 Å². The summed E-state index contributed by atoms with van der Waals surface area (Å²) in [7, 11) is 1.70. The lowest BCUT2D eigenvalue weighted by molar-refractivity contribution is -0.141. The lowest BCUT2D eigenvalue weighted by Crippen LogP contribution is -2.51. The standard InChI is InChI=1S/C10H18N2O3S/c1-6(2)11(4)10(15)12-7(3)16-5-8(12)9(13)14/h6-8H,5H2,1-4H3,(H,13,14). The molecule has 0 saturated carbocycles. The molecule has 0 bridgehead atoms. The molecule has 1 heterocycles. The highest BCUT2D eigenvalue weighted by Crippen LogP contribution is 2.29. The molecule has 0 aromatic heterocycles. The molecule has 0 aromatic rings. The van der Waals surface area contributed by atoms with Gasteiger partial charge in [0.05, 0.1) is 5.37 Å². The highest BCUT2D eigenvalue weighted by atomic mass is 32.2. The molecule has 16 heavy (non-hydrogen) atoms. The van der Waals surface area contributed by atoms with Crippen LogP contribution in [0.1, 0.15) is 20.8 Å². The van der Waals surface area contributed by atoms with Crippen LogP contribution in [0.4, 0.5) is 4.79 Å². The second-order valence-electron chi connectivity index (χ2n) is 4.18. The zero-order chi connectivity index (χ0) is 12.5. The molecule has 5 nitrogen and oxygen atoms in total. The van der Waals surface area contributed by atoms with Crippen molar-refractivity contribution in [1.29, 1.82) is 0 Å². The molecule has 0 aliphatic carbocycles. The maximum atomic E-state index is 12.1. The number of amides is 2. The molecule has 1 saturated heterocycles. The second kappa shape index (κ2) is 4.95. The summed E-state index contributed by atoms with van der Waals surface area (Å²) < 4.78 is 0. The number of aliphatic carboxylic acids is 1. The van der Waals surface area contributed by atoms with E-state index in [1.54, 1.807) is 11.9 Å². The lowest BCUT2D eigenvalue weighted by Gasteiger charge is -2.32. The van der Waals surface area contributed by atoms with Crippen molar-refractivity contribution in [3.05, 3.63) is 0 Å². The average Bonchev–Trinajstić information content (AvgIpc) is 2.57. The monoisotopic (exact) mass is 246 g/mol. The molecule has 6 heteroatoms. The maximum Gasteiger partial charge on any atom is 0.327 e. The van der Waals surface area contributed by atoms with E-state index in [9.17, 15) is 9.59 Å². The Hall–Kier alpha value is -0.910. The molecule has 1 N–H and O–H groups in total. The third kappa shape index (κ3) is 2.42. The van der Waals surface area contributed by atoms with E-state index in [1.807, 2.05) is 20.8 Å². The van der Waals surface area contributed by atoms with E-state index in [0.29, 0.717) is 5.75 Å². The van der Waals surface area contributed by atoms with Crippen molar-refractivity contribution in [3.8, 4) is 0 Å². The van der Waals surface area contributed by atoms with Crippen LogP contribution in [-0.4, -0.2) is 57.2 Å². The van der Waals surface area contributed by atoms with Crippen LogP contribution in [0.15, 0.2) is 0 Å². The fourth-order valence-corrected chi connectivity index (χ4v) is 2.69. The van der Waals surface area contributed by atoms with Crippen LogP contribution in [0.25, 0.3) is 0 Å². The van der Waals surface area contributed by atoms with Crippen molar-refractivity contribution in [2.75, 3.05) is 12.8 Å². The van der Waals surface area contributed by atoms with Crippen molar-refractivity contribution in [2.45, 2.75) is 38.2 Å². The predicted molar refractivity (Wildman–Crippen MR) is 63.5 cm³/mol.